The highest BCUT2D eigenvalue weighted by molar-refractivity contribution is 9.11. The van der Waals surface area contributed by atoms with Crippen molar-refractivity contribution in [1.29, 1.82) is 0 Å². The molecule has 4 nitrogen and oxygen atoms in total. The van der Waals surface area contributed by atoms with Crippen LogP contribution in [0.2, 0.25) is 0 Å². The van der Waals surface area contributed by atoms with Crippen molar-refractivity contribution in [2.45, 2.75) is 43.3 Å². The van der Waals surface area contributed by atoms with Gasteiger partial charge in [-0.1, -0.05) is 18.2 Å². The molecule has 4 rings (SSSR count). The molecule has 0 radical (unpaired) electrons. The van der Waals surface area contributed by atoms with Gasteiger partial charge in [-0.15, -0.1) is 11.3 Å². The summed E-state index contributed by atoms with van der Waals surface area (Å²) in [6.45, 7) is 5.17. The minimum atomic E-state index is -4.05. The molecule has 0 bridgehead atoms. The Hall–Kier alpha value is -1.36. The van der Waals surface area contributed by atoms with Crippen LogP contribution in [-0.2, 0) is 16.3 Å². The molecule has 2 aromatic carbocycles. The van der Waals surface area contributed by atoms with Crippen LogP contribution in [-0.4, -0.2) is 31.7 Å². The van der Waals surface area contributed by atoms with Gasteiger partial charge in [0.25, 0.3) is 0 Å². The third-order valence-electron chi connectivity index (χ3n) is 6.14. The van der Waals surface area contributed by atoms with Crippen molar-refractivity contribution >= 4 is 58.2 Å². The van der Waals surface area contributed by atoms with Crippen molar-refractivity contribution < 1.29 is 17.2 Å². The van der Waals surface area contributed by atoms with E-state index < -0.39 is 31.6 Å². The van der Waals surface area contributed by atoms with E-state index in [2.05, 4.69) is 68.8 Å². The van der Waals surface area contributed by atoms with Crippen LogP contribution in [0.5, 0.6) is 0 Å². The standard InChI is InChI=1S/C23H22Br2F2N2O2S2/c1-13-4-3-5-15(14(13)2)10-16-12-32-23(28-16)29-8-6-17(7-9-29)33(30,31)22-20(25)19(26)11-18(24)21(22)27/h3-5,11-12,17H,6-10H2,1-2H3. The lowest BCUT2D eigenvalue weighted by Gasteiger charge is -2.31. The van der Waals surface area contributed by atoms with Crippen molar-refractivity contribution in [2.75, 3.05) is 18.0 Å². The highest BCUT2D eigenvalue weighted by Crippen LogP contribution is 2.37. The van der Waals surface area contributed by atoms with Crippen LogP contribution in [0.1, 0.15) is 35.2 Å². The van der Waals surface area contributed by atoms with E-state index in [1.807, 2.05) is 5.38 Å². The first-order valence-electron chi connectivity index (χ1n) is 10.4. The maximum absolute atomic E-state index is 14.6. The van der Waals surface area contributed by atoms with Crippen molar-refractivity contribution in [1.82, 2.24) is 4.98 Å². The van der Waals surface area contributed by atoms with Gasteiger partial charge in [0.15, 0.2) is 20.8 Å². The first kappa shape index (κ1) is 24.8. The summed E-state index contributed by atoms with van der Waals surface area (Å²) in [6.07, 6.45) is 1.37. The van der Waals surface area contributed by atoms with E-state index in [1.54, 1.807) is 11.3 Å². The fourth-order valence-corrected chi connectivity index (χ4v) is 8.29. The van der Waals surface area contributed by atoms with Gasteiger partial charge in [-0.2, -0.15) is 0 Å². The SMILES string of the molecule is Cc1cccc(Cc2csc(N3CCC(S(=O)(=O)c4c(F)c(Br)cc(F)c4Br)CC3)n2)c1C. The third-order valence-corrected chi connectivity index (χ3v) is 11.0. The van der Waals surface area contributed by atoms with E-state index in [4.69, 9.17) is 4.98 Å². The average molecular weight is 620 g/mol. The van der Waals surface area contributed by atoms with Gasteiger partial charge in [-0.25, -0.2) is 22.2 Å². The fraction of sp³-hybridized carbons (Fsp3) is 0.348. The second kappa shape index (κ2) is 9.71. The number of rotatable bonds is 5. The van der Waals surface area contributed by atoms with Gasteiger partial charge in [-0.3, -0.25) is 0 Å². The van der Waals surface area contributed by atoms with Crippen LogP contribution in [0.3, 0.4) is 0 Å². The molecule has 0 amide bonds. The van der Waals surface area contributed by atoms with Gasteiger partial charge in [0.05, 0.1) is 19.9 Å². The maximum atomic E-state index is 14.6. The molecule has 2 heterocycles. The average Bonchev–Trinajstić information content (AvgIpc) is 3.24. The van der Waals surface area contributed by atoms with Crippen LogP contribution >= 0.6 is 43.2 Å². The largest absolute Gasteiger partial charge is 0.348 e. The second-order valence-corrected chi connectivity index (χ2v) is 12.8. The molecule has 0 N–H and O–H groups in total. The minimum absolute atomic E-state index is 0.210. The van der Waals surface area contributed by atoms with Crippen LogP contribution in [0.25, 0.3) is 0 Å². The summed E-state index contributed by atoms with van der Waals surface area (Å²) in [7, 11) is -4.05. The fourth-order valence-electron chi connectivity index (χ4n) is 4.05. The monoisotopic (exact) mass is 618 g/mol. The molecule has 1 fully saturated rings. The first-order valence-corrected chi connectivity index (χ1v) is 14.4. The zero-order valence-corrected chi connectivity index (χ0v) is 22.8. The summed E-state index contributed by atoms with van der Waals surface area (Å²) in [5.41, 5.74) is 4.74. The van der Waals surface area contributed by atoms with E-state index in [0.717, 1.165) is 23.3 Å². The Balaban J connectivity index is 1.47. The van der Waals surface area contributed by atoms with Gasteiger partial charge in [-0.05, 0) is 81.3 Å². The lowest BCUT2D eigenvalue weighted by Crippen LogP contribution is -2.39. The predicted molar refractivity (Wildman–Crippen MR) is 135 cm³/mol. The van der Waals surface area contributed by atoms with Crippen molar-refractivity contribution in [3.05, 3.63) is 72.6 Å². The number of hydrogen-bond donors (Lipinski definition) is 0. The number of benzene rings is 2. The lowest BCUT2D eigenvalue weighted by molar-refractivity contribution is 0.512. The van der Waals surface area contributed by atoms with Gasteiger partial charge < -0.3 is 4.90 Å². The number of halogens is 4. The lowest BCUT2D eigenvalue weighted by atomic mass is 10.0. The summed E-state index contributed by atoms with van der Waals surface area (Å²) in [5.74, 6) is -1.79. The predicted octanol–water partition coefficient (Wildman–Crippen LogP) is 6.60. The first-order chi connectivity index (χ1) is 15.6. The molecule has 0 saturated carbocycles. The Morgan fingerprint density at radius 2 is 1.88 bits per heavy atom. The van der Waals surface area contributed by atoms with Crippen molar-refractivity contribution in [3.8, 4) is 0 Å². The number of anilines is 1. The zero-order chi connectivity index (χ0) is 23.9. The Morgan fingerprint density at radius 3 is 2.58 bits per heavy atom. The minimum Gasteiger partial charge on any atom is -0.348 e. The van der Waals surface area contributed by atoms with E-state index in [-0.39, 0.29) is 8.95 Å². The number of aromatic nitrogens is 1. The molecule has 1 aromatic heterocycles. The van der Waals surface area contributed by atoms with Gasteiger partial charge in [0, 0.05) is 24.9 Å². The molecule has 33 heavy (non-hydrogen) atoms. The number of thiazole rings is 1. The van der Waals surface area contributed by atoms with E-state index in [1.165, 1.54) is 16.7 Å². The summed E-state index contributed by atoms with van der Waals surface area (Å²) in [4.78, 5) is 6.22. The van der Waals surface area contributed by atoms with E-state index in [0.29, 0.717) is 25.9 Å². The van der Waals surface area contributed by atoms with Gasteiger partial charge in [0.2, 0.25) is 0 Å². The smallest absolute Gasteiger partial charge is 0.185 e. The Bertz CT molecular complexity index is 1280. The third kappa shape index (κ3) is 4.90. The van der Waals surface area contributed by atoms with Crippen LogP contribution in [0.15, 0.2) is 43.5 Å². The van der Waals surface area contributed by atoms with Crippen LogP contribution in [0, 0.1) is 25.5 Å². The molecule has 0 unspecified atom stereocenters. The zero-order valence-electron chi connectivity index (χ0n) is 18.0. The Kier molecular flexibility index (Phi) is 7.29. The number of piperidine rings is 1. The van der Waals surface area contributed by atoms with Crippen molar-refractivity contribution in [2.24, 2.45) is 0 Å². The van der Waals surface area contributed by atoms with Gasteiger partial charge in [0.1, 0.15) is 10.7 Å². The normalized spacial score (nSPS) is 15.3. The summed E-state index contributed by atoms with van der Waals surface area (Å²) in [5, 5.41) is 2.10. The Morgan fingerprint density at radius 1 is 1.18 bits per heavy atom. The van der Waals surface area contributed by atoms with Crippen LogP contribution < -0.4 is 4.90 Å². The number of nitrogens with zero attached hydrogens (tertiary/aromatic N) is 2. The number of hydrogen-bond acceptors (Lipinski definition) is 5. The van der Waals surface area contributed by atoms with E-state index >= 15 is 0 Å². The molecule has 0 atom stereocenters. The highest BCUT2D eigenvalue weighted by atomic mass is 79.9. The summed E-state index contributed by atoms with van der Waals surface area (Å²) >= 11 is 7.37. The molecule has 0 aliphatic carbocycles. The quantitative estimate of drug-likeness (QED) is 0.302. The Labute approximate surface area is 213 Å². The summed E-state index contributed by atoms with van der Waals surface area (Å²) in [6, 6.07) is 7.17. The molecule has 176 valence electrons. The maximum Gasteiger partial charge on any atom is 0.185 e. The van der Waals surface area contributed by atoms with E-state index in [9.17, 15) is 17.2 Å². The molecule has 0 spiro atoms. The number of sulfone groups is 1. The van der Waals surface area contributed by atoms with Gasteiger partial charge >= 0.3 is 0 Å². The molecular weight excluding hydrogens is 598 g/mol. The molecule has 1 aliphatic rings. The van der Waals surface area contributed by atoms with Crippen molar-refractivity contribution in [3.63, 3.8) is 0 Å². The molecule has 3 aromatic rings. The molecule has 10 heteroatoms. The summed E-state index contributed by atoms with van der Waals surface area (Å²) < 4.78 is 54.5. The molecule has 1 saturated heterocycles. The molecular formula is C23H22Br2F2N2O2S2. The highest BCUT2D eigenvalue weighted by Gasteiger charge is 2.37. The topological polar surface area (TPSA) is 50.3 Å². The van der Waals surface area contributed by atoms with Crippen LogP contribution in [0.4, 0.5) is 13.9 Å². The molecule has 1 aliphatic heterocycles. The number of aryl methyl sites for hydroxylation is 1. The second-order valence-electron chi connectivity index (χ2n) is 8.19.